The third-order valence-electron chi connectivity index (χ3n) is 1.94. The number of nitrogens with one attached hydrogen (secondary N) is 1. The van der Waals surface area contributed by atoms with Crippen molar-refractivity contribution in [3.8, 4) is 0 Å². The summed E-state index contributed by atoms with van der Waals surface area (Å²) >= 11 is 0. The van der Waals surface area contributed by atoms with E-state index in [2.05, 4.69) is 5.32 Å². The van der Waals surface area contributed by atoms with Gasteiger partial charge in [-0.2, -0.15) is 0 Å². The lowest BCUT2D eigenvalue weighted by Crippen LogP contribution is -2.35. The number of carbonyl (C=O) groups is 2. The Hall–Kier alpha value is -1.10. The zero-order valence-corrected chi connectivity index (χ0v) is 9.45. The number of carboxylic acids is 1. The standard InChI is InChI=1S/C10H19NO4/c1-4-8(10(13)14)5-11-9(12)6-15-7(2)3/h7-8H,4-6H2,1-3H3,(H,11,12)(H,13,14). The van der Waals surface area contributed by atoms with Gasteiger partial charge in [0.25, 0.3) is 0 Å². The van der Waals surface area contributed by atoms with E-state index < -0.39 is 11.9 Å². The minimum absolute atomic E-state index is 0.00260. The first-order chi connectivity index (χ1) is 6.97. The molecule has 0 saturated heterocycles. The SMILES string of the molecule is CCC(CNC(=O)COC(C)C)C(=O)O. The lowest BCUT2D eigenvalue weighted by atomic mass is 10.1. The van der Waals surface area contributed by atoms with E-state index in [0.717, 1.165) is 0 Å². The van der Waals surface area contributed by atoms with Gasteiger partial charge in [0.1, 0.15) is 6.61 Å². The maximum Gasteiger partial charge on any atom is 0.308 e. The van der Waals surface area contributed by atoms with Gasteiger partial charge in [0, 0.05) is 6.54 Å². The zero-order valence-electron chi connectivity index (χ0n) is 9.45. The Kier molecular flexibility index (Phi) is 6.70. The third-order valence-corrected chi connectivity index (χ3v) is 1.94. The Labute approximate surface area is 89.8 Å². The molecule has 5 nitrogen and oxygen atoms in total. The summed E-state index contributed by atoms with van der Waals surface area (Å²) < 4.78 is 5.07. The first-order valence-corrected chi connectivity index (χ1v) is 5.08. The molecule has 0 aliphatic carbocycles. The summed E-state index contributed by atoms with van der Waals surface area (Å²) in [5.74, 6) is -1.68. The minimum atomic E-state index is -0.887. The number of hydrogen-bond acceptors (Lipinski definition) is 3. The van der Waals surface area contributed by atoms with Crippen molar-refractivity contribution in [1.82, 2.24) is 5.32 Å². The molecule has 0 bridgehead atoms. The van der Waals surface area contributed by atoms with Crippen molar-refractivity contribution in [1.29, 1.82) is 0 Å². The third kappa shape index (κ3) is 6.90. The van der Waals surface area contributed by atoms with Crippen LogP contribution in [-0.2, 0) is 14.3 Å². The average Bonchev–Trinajstić information content (AvgIpc) is 2.15. The normalized spacial score (nSPS) is 12.5. The van der Waals surface area contributed by atoms with Gasteiger partial charge in [-0.25, -0.2) is 0 Å². The average molecular weight is 217 g/mol. The van der Waals surface area contributed by atoms with Gasteiger partial charge >= 0.3 is 5.97 Å². The van der Waals surface area contributed by atoms with Crippen LogP contribution in [0.25, 0.3) is 0 Å². The Bertz CT molecular complexity index is 215. The zero-order chi connectivity index (χ0) is 11.8. The van der Waals surface area contributed by atoms with Gasteiger partial charge in [-0.1, -0.05) is 6.92 Å². The second-order valence-electron chi connectivity index (χ2n) is 3.61. The summed E-state index contributed by atoms with van der Waals surface area (Å²) in [5, 5.41) is 11.2. The van der Waals surface area contributed by atoms with Gasteiger partial charge in [-0.15, -0.1) is 0 Å². The van der Waals surface area contributed by atoms with E-state index in [1.807, 2.05) is 13.8 Å². The van der Waals surface area contributed by atoms with Gasteiger partial charge < -0.3 is 15.2 Å². The van der Waals surface area contributed by atoms with Crippen molar-refractivity contribution in [2.45, 2.75) is 33.3 Å². The van der Waals surface area contributed by atoms with E-state index in [4.69, 9.17) is 9.84 Å². The molecule has 88 valence electrons. The molecule has 0 aromatic heterocycles. The van der Waals surface area contributed by atoms with E-state index in [0.29, 0.717) is 6.42 Å². The Morgan fingerprint density at radius 3 is 2.40 bits per heavy atom. The molecule has 0 saturated carbocycles. The molecule has 0 radical (unpaired) electrons. The van der Waals surface area contributed by atoms with Crippen LogP contribution in [0.2, 0.25) is 0 Å². The molecular weight excluding hydrogens is 198 g/mol. The van der Waals surface area contributed by atoms with Crippen molar-refractivity contribution >= 4 is 11.9 Å². The molecule has 1 amide bonds. The summed E-state index contributed by atoms with van der Waals surface area (Å²) in [7, 11) is 0. The monoisotopic (exact) mass is 217 g/mol. The molecule has 0 aliphatic heterocycles. The molecule has 0 fully saturated rings. The van der Waals surface area contributed by atoms with E-state index in [1.54, 1.807) is 6.92 Å². The number of rotatable bonds is 7. The van der Waals surface area contributed by atoms with Crippen molar-refractivity contribution < 1.29 is 19.4 Å². The van der Waals surface area contributed by atoms with Gasteiger partial charge in [0.2, 0.25) is 5.91 Å². The largest absolute Gasteiger partial charge is 0.481 e. The predicted molar refractivity (Wildman–Crippen MR) is 55.5 cm³/mol. The summed E-state index contributed by atoms with van der Waals surface area (Å²) in [6.07, 6.45) is 0.498. The smallest absolute Gasteiger partial charge is 0.308 e. The maximum atomic E-state index is 11.2. The quantitative estimate of drug-likeness (QED) is 0.656. The number of carboxylic acid groups (broad SMARTS) is 1. The molecule has 15 heavy (non-hydrogen) atoms. The highest BCUT2D eigenvalue weighted by atomic mass is 16.5. The topological polar surface area (TPSA) is 75.6 Å². The van der Waals surface area contributed by atoms with Crippen LogP contribution in [0, 0.1) is 5.92 Å². The number of hydrogen-bond donors (Lipinski definition) is 2. The number of amides is 1. The fraction of sp³-hybridized carbons (Fsp3) is 0.800. The number of carbonyl (C=O) groups excluding carboxylic acids is 1. The molecule has 0 spiro atoms. The molecule has 5 heteroatoms. The van der Waals surface area contributed by atoms with Crippen LogP contribution < -0.4 is 5.32 Å². The highest BCUT2D eigenvalue weighted by Crippen LogP contribution is 2.00. The van der Waals surface area contributed by atoms with Gasteiger partial charge in [-0.05, 0) is 20.3 Å². The van der Waals surface area contributed by atoms with Gasteiger partial charge in [0.05, 0.1) is 12.0 Å². The Morgan fingerprint density at radius 1 is 1.40 bits per heavy atom. The van der Waals surface area contributed by atoms with Gasteiger partial charge in [0.15, 0.2) is 0 Å². The van der Waals surface area contributed by atoms with Crippen molar-refractivity contribution in [3.63, 3.8) is 0 Å². The molecule has 0 rings (SSSR count). The van der Waals surface area contributed by atoms with E-state index in [-0.39, 0.29) is 25.2 Å². The lowest BCUT2D eigenvalue weighted by molar-refractivity contribution is -0.141. The first kappa shape index (κ1) is 13.9. The number of aliphatic carboxylic acids is 1. The molecular formula is C10H19NO4. The summed E-state index contributed by atoms with van der Waals surface area (Å²) in [6, 6.07) is 0. The van der Waals surface area contributed by atoms with E-state index >= 15 is 0 Å². The lowest BCUT2D eigenvalue weighted by Gasteiger charge is -2.12. The molecule has 0 aliphatic rings. The molecule has 0 aromatic rings. The fourth-order valence-corrected chi connectivity index (χ4v) is 0.937. The van der Waals surface area contributed by atoms with Crippen LogP contribution in [0.15, 0.2) is 0 Å². The van der Waals surface area contributed by atoms with Crippen molar-refractivity contribution in [3.05, 3.63) is 0 Å². The molecule has 1 unspecified atom stereocenters. The van der Waals surface area contributed by atoms with Crippen molar-refractivity contribution in [2.75, 3.05) is 13.2 Å². The van der Waals surface area contributed by atoms with Gasteiger partial charge in [-0.3, -0.25) is 9.59 Å². The van der Waals surface area contributed by atoms with Crippen LogP contribution in [0.3, 0.4) is 0 Å². The second-order valence-corrected chi connectivity index (χ2v) is 3.61. The molecule has 0 aromatic carbocycles. The fourth-order valence-electron chi connectivity index (χ4n) is 0.937. The molecule has 0 heterocycles. The van der Waals surface area contributed by atoms with Crippen LogP contribution in [0.1, 0.15) is 27.2 Å². The summed E-state index contributed by atoms with van der Waals surface area (Å²) in [4.78, 5) is 21.8. The second kappa shape index (κ2) is 7.23. The Balaban J connectivity index is 3.74. The molecule has 1 atom stereocenters. The van der Waals surface area contributed by atoms with Crippen LogP contribution in [0.5, 0.6) is 0 Å². The van der Waals surface area contributed by atoms with E-state index in [1.165, 1.54) is 0 Å². The first-order valence-electron chi connectivity index (χ1n) is 5.08. The summed E-state index contributed by atoms with van der Waals surface area (Å²) in [5.41, 5.74) is 0. The van der Waals surface area contributed by atoms with Crippen LogP contribution in [-0.4, -0.2) is 36.2 Å². The van der Waals surface area contributed by atoms with Crippen molar-refractivity contribution in [2.24, 2.45) is 5.92 Å². The highest BCUT2D eigenvalue weighted by molar-refractivity contribution is 5.78. The predicted octanol–water partition coefficient (Wildman–Crippen LogP) is 0.638. The highest BCUT2D eigenvalue weighted by Gasteiger charge is 2.15. The van der Waals surface area contributed by atoms with Crippen LogP contribution >= 0.6 is 0 Å². The molecule has 2 N–H and O–H groups in total. The Morgan fingerprint density at radius 2 is 2.00 bits per heavy atom. The minimum Gasteiger partial charge on any atom is -0.481 e. The number of ether oxygens (including phenoxy) is 1. The maximum absolute atomic E-state index is 11.2. The summed E-state index contributed by atoms with van der Waals surface area (Å²) in [6.45, 7) is 5.58. The van der Waals surface area contributed by atoms with Crippen LogP contribution in [0.4, 0.5) is 0 Å². The van der Waals surface area contributed by atoms with E-state index in [9.17, 15) is 9.59 Å².